The van der Waals surface area contributed by atoms with Crippen molar-refractivity contribution in [2.45, 2.75) is 19.9 Å². The number of aromatic nitrogens is 5. The third kappa shape index (κ3) is 3.03. The molecule has 0 spiro atoms. The van der Waals surface area contributed by atoms with Crippen LogP contribution in [0.4, 0.5) is 0 Å². The van der Waals surface area contributed by atoms with Crippen molar-refractivity contribution in [3.05, 3.63) is 41.8 Å². The van der Waals surface area contributed by atoms with Gasteiger partial charge in [-0.1, -0.05) is 0 Å². The Balaban J connectivity index is 1.57. The van der Waals surface area contributed by atoms with Crippen LogP contribution in [0, 0.1) is 6.92 Å². The van der Waals surface area contributed by atoms with Crippen LogP contribution in [0.15, 0.2) is 29.1 Å². The predicted molar refractivity (Wildman–Crippen MR) is 77.4 cm³/mol. The lowest BCUT2D eigenvalue weighted by Gasteiger charge is -2.04. The Hall–Kier alpha value is -2.41. The molecule has 0 unspecified atom stereocenters. The van der Waals surface area contributed by atoms with Crippen molar-refractivity contribution in [1.29, 1.82) is 0 Å². The highest BCUT2D eigenvalue weighted by Gasteiger charge is 2.10. The van der Waals surface area contributed by atoms with E-state index in [0.29, 0.717) is 0 Å². The predicted octanol–water partition coefficient (Wildman–Crippen LogP) is 1.44. The standard InChI is InChI=1S/C14H18N6O/c1-10-3-4-12(21-10)14-11(8-16-19-14)7-15-6-5-13-18-17-9-20(13)2/h3-4,8-9,15H,5-7H2,1-2H3,(H,16,19). The second-order valence-electron chi connectivity index (χ2n) is 4.97. The summed E-state index contributed by atoms with van der Waals surface area (Å²) in [5.41, 5.74) is 2.01. The summed E-state index contributed by atoms with van der Waals surface area (Å²) in [4.78, 5) is 0. The molecule has 3 aromatic rings. The fourth-order valence-corrected chi connectivity index (χ4v) is 2.18. The summed E-state index contributed by atoms with van der Waals surface area (Å²) in [6, 6.07) is 3.90. The van der Waals surface area contributed by atoms with Crippen LogP contribution in [0.1, 0.15) is 17.1 Å². The van der Waals surface area contributed by atoms with Crippen LogP contribution in [0.25, 0.3) is 11.5 Å². The first-order valence-corrected chi connectivity index (χ1v) is 6.86. The van der Waals surface area contributed by atoms with Crippen LogP contribution in [0.2, 0.25) is 0 Å². The molecule has 3 aromatic heterocycles. The summed E-state index contributed by atoms with van der Waals surface area (Å²) in [7, 11) is 1.95. The van der Waals surface area contributed by atoms with Gasteiger partial charge in [-0.25, -0.2) is 0 Å². The summed E-state index contributed by atoms with van der Waals surface area (Å²) in [6.07, 6.45) is 4.37. The van der Waals surface area contributed by atoms with Crippen molar-refractivity contribution >= 4 is 0 Å². The Kier molecular flexibility index (Phi) is 3.83. The first kappa shape index (κ1) is 13.6. The molecule has 0 atom stereocenters. The molecule has 0 amide bonds. The van der Waals surface area contributed by atoms with Gasteiger partial charge in [0.1, 0.15) is 23.6 Å². The summed E-state index contributed by atoms with van der Waals surface area (Å²) < 4.78 is 7.56. The number of aryl methyl sites for hydroxylation is 2. The van der Waals surface area contributed by atoms with E-state index in [0.717, 1.165) is 48.1 Å². The highest BCUT2D eigenvalue weighted by Crippen LogP contribution is 2.23. The molecule has 0 aromatic carbocycles. The third-order valence-corrected chi connectivity index (χ3v) is 3.35. The van der Waals surface area contributed by atoms with Crippen molar-refractivity contribution in [3.8, 4) is 11.5 Å². The molecule has 2 N–H and O–H groups in total. The van der Waals surface area contributed by atoms with Gasteiger partial charge in [-0.2, -0.15) is 5.10 Å². The van der Waals surface area contributed by atoms with Crippen LogP contribution < -0.4 is 5.32 Å². The molecule has 0 fully saturated rings. The van der Waals surface area contributed by atoms with Crippen molar-refractivity contribution < 1.29 is 4.42 Å². The number of nitrogens with zero attached hydrogens (tertiary/aromatic N) is 4. The first-order chi connectivity index (χ1) is 10.2. The lowest BCUT2D eigenvalue weighted by atomic mass is 10.2. The largest absolute Gasteiger partial charge is 0.460 e. The number of furan rings is 1. The maximum atomic E-state index is 5.63. The van der Waals surface area contributed by atoms with Crippen molar-refractivity contribution in [3.63, 3.8) is 0 Å². The summed E-state index contributed by atoms with van der Waals surface area (Å²) in [5.74, 6) is 2.67. The van der Waals surface area contributed by atoms with Gasteiger partial charge in [0.15, 0.2) is 5.76 Å². The Morgan fingerprint density at radius 2 is 2.29 bits per heavy atom. The Bertz CT molecular complexity index is 710. The Morgan fingerprint density at radius 1 is 1.38 bits per heavy atom. The number of hydrogen-bond donors (Lipinski definition) is 2. The Labute approximate surface area is 122 Å². The van der Waals surface area contributed by atoms with Gasteiger partial charge in [0.05, 0.1) is 6.20 Å². The summed E-state index contributed by atoms with van der Waals surface area (Å²) >= 11 is 0. The SMILES string of the molecule is Cc1ccc(-c2[nH]ncc2CNCCc2nncn2C)o1. The molecule has 7 heteroatoms. The smallest absolute Gasteiger partial charge is 0.152 e. The molecule has 7 nitrogen and oxygen atoms in total. The molecule has 0 aliphatic carbocycles. The number of H-pyrrole nitrogens is 1. The van der Waals surface area contributed by atoms with Gasteiger partial charge in [-0.3, -0.25) is 5.10 Å². The van der Waals surface area contributed by atoms with Crippen molar-refractivity contribution in [2.24, 2.45) is 7.05 Å². The number of nitrogens with one attached hydrogen (secondary N) is 2. The van der Waals surface area contributed by atoms with Crippen molar-refractivity contribution in [1.82, 2.24) is 30.3 Å². The van der Waals surface area contributed by atoms with Crippen molar-refractivity contribution in [2.75, 3.05) is 6.54 Å². The molecule has 0 radical (unpaired) electrons. The molecule has 0 aliphatic rings. The summed E-state index contributed by atoms with van der Waals surface area (Å²) in [5, 5.41) is 18.4. The van der Waals surface area contributed by atoms with Gasteiger partial charge in [0.25, 0.3) is 0 Å². The van der Waals surface area contributed by atoms with Gasteiger partial charge in [-0.05, 0) is 19.1 Å². The van der Waals surface area contributed by atoms with E-state index in [1.54, 1.807) is 6.33 Å². The minimum atomic E-state index is 0.726. The van der Waals surface area contributed by atoms with E-state index in [4.69, 9.17) is 4.42 Å². The molecular formula is C14H18N6O. The average Bonchev–Trinajstić information content (AvgIpc) is 3.17. The lowest BCUT2D eigenvalue weighted by molar-refractivity contribution is 0.545. The monoisotopic (exact) mass is 286 g/mol. The zero-order valence-corrected chi connectivity index (χ0v) is 12.1. The topological polar surface area (TPSA) is 84.6 Å². The summed E-state index contributed by atoms with van der Waals surface area (Å²) in [6.45, 7) is 3.48. The highest BCUT2D eigenvalue weighted by atomic mass is 16.3. The average molecular weight is 286 g/mol. The third-order valence-electron chi connectivity index (χ3n) is 3.35. The molecular weight excluding hydrogens is 268 g/mol. The molecule has 3 rings (SSSR count). The fraction of sp³-hybridized carbons (Fsp3) is 0.357. The maximum Gasteiger partial charge on any atom is 0.152 e. The van der Waals surface area contributed by atoms with E-state index in [-0.39, 0.29) is 0 Å². The van der Waals surface area contributed by atoms with Crippen LogP contribution >= 0.6 is 0 Å². The fourth-order valence-electron chi connectivity index (χ4n) is 2.18. The van der Waals surface area contributed by atoms with Gasteiger partial charge in [-0.15, -0.1) is 10.2 Å². The second kappa shape index (κ2) is 5.92. The van der Waals surface area contributed by atoms with E-state index < -0.39 is 0 Å². The zero-order chi connectivity index (χ0) is 14.7. The molecule has 3 heterocycles. The first-order valence-electron chi connectivity index (χ1n) is 6.86. The zero-order valence-electron chi connectivity index (χ0n) is 12.1. The number of hydrogen-bond acceptors (Lipinski definition) is 5. The van der Waals surface area contributed by atoms with Crippen LogP contribution in [-0.4, -0.2) is 31.5 Å². The quantitative estimate of drug-likeness (QED) is 0.670. The van der Waals surface area contributed by atoms with Crippen LogP contribution in [0.3, 0.4) is 0 Å². The van der Waals surface area contributed by atoms with E-state index in [2.05, 4.69) is 25.7 Å². The highest BCUT2D eigenvalue weighted by molar-refractivity contribution is 5.56. The minimum absolute atomic E-state index is 0.726. The maximum absolute atomic E-state index is 5.63. The molecule has 0 saturated heterocycles. The molecule has 0 bridgehead atoms. The minimum Gasteiger partial charge on any atom is -0.460 e. The van der Waals surface area contributed by atoms with Gasteiger partial charge >= 0.3 is 0 Å². The second-order valence-corrected chi connectivity index (χ2v) is 4.97. The van der Waals surface area contributed by atoms with Gasteiger partial charge in [0, 0.05) is 32.1 Å². The van der Waals surface area contributed by atoms with Gasteiger partial charge < -0.3 is 14.3 Å². The molecule has 0 aliphatic heterocycles. The van der Waals surface area contributed by atoms with E-state index in [9.17, 15) is 0 Å². The van der Waals surface area contributed by atoms with E-state index >= 15 is 0 Å². The normalized spacial score (nSPS) is 11.1. The Morgan fingerprint density at radius 3 is 3.00 bits per heavy atom. The molecule has 110 valence electrons. The van der Waals surface area contributed by atoms with Gasteiger partial charge in [0.2, 0.25) is 0 Å². The van der Waals surface area contributed by atoms with E-state index in [1.807, 2.05) is 36.9 Å². The van der Waals surface area contributed by atoms with E-state index in [1.165, 1.54) is 0 Å². The molecule has 21 heavy (non-hydrogen) atoms. The molecule has 0 saturated carbocycles. The number of aromatic amines is 1. The van der Waals surface area contributed by atoms with Crippen LogP contribution in [0.5, 0.6) is 0 Å². The number of rotatable bonds is 6. The van der Waals surface area contributed by atoms with Crippen LogP contribution in [-0.2, 0) is 20.0 Å². The lowest BCUT2D eigenvalue weighted by Crippen LogP contribution is -2.18.